The van der Waals surface area contributed by atoms with Gasteiger partial charge in [0.2, 0.25) is 5.91 Å². The van der Waals surface area contributed by atoms with Crippen molar-refractivity contribution in [2.45, 2.75) is 26.7 Å². The molecule has 0 bridgehead atoms. The molecule has 0 radical (unpaired) electrons. The Morgan fingerprint density at radius 3 is 2.69 bits per heavy atom. The van der Waals surface area contributed by atoms with Gasteiger partial charge in [0.05, 0.1) is 0 Å². The smallest absolute Gasteiger partial charge is 0.220 e. The second-order valence-corrected chi connectivity index (χ2v) is 4.87. The molecule has 0 aromatic rings. The van der Waals surface area contributed by atoms with Crippen LogP contribution in [0.3, 0.4) is 0 Å². The molecule has 4 heteroatoms. The summed E-state index contributed by atoms with van der Waals surface area (Å²) in [6, 6.07) is 0. The predicted octanol–water partition coefficient (Wildman–Crippen LogP) is 0.444. The number of nitrogens with one attached hydrogen (secondary N) is 2. The van der Waals surface area contributed by atoms with E-state index in [1.165, 1.54) is 0 Å². The Morgan fingerprint density at radius 2 is 2.06 bits per heavy atom. The molecular formula is C12H25N3O. The fourth-order valence-electron chi connectivity index (χ4n) is 1.80. The van der Waals surface area contributed by atoms with Gasteiger partial charge in [-0.25, -0.2) is 0 Å². The lowest BCUT2D eigenvalue weighted by atomic mass is 10.1. The molecule has 94 valence electrons. The Kier molecular flexibility index (Phi) is 6.42. The second-order valence-electron chi connectivity index (χ2n) is 4.87. The minimum atomic E-state index is 0.198. The molecular weight excluding hydrogens is 202 g/mol. The van der Waals surface area contributed by atoms with Crippen LogP contribution in [0.5, 0.6) is 0 Å². The lowest BCUT2D eigenvalue weighted by Gasteiger charge is -2.27. The average Bonchev–Trinajstić information content (AvgIpc) is 2.28. The summed E-state index contributed by atoms with van der Waals surface area (Å²) in [5.74, 6) is 0.808. The van der Waals surface area contributed by atoms with Gasteiger partial charge in [0.15, 0.2) is 0 Å². The minimum absolute atomic E-state index is 0.198. The normalized spacial score (nSPS) is 17.7. The molecule has 0 saturated carbocycles. The average molecular weight is 227 g/mol. The maximum absolute atomic E-state index is 11.4. The predicted molar refractivity (Wildman–Crippen MR) is 66.4 cm³/mol. The maximum Gasteiger partial charge on any atom is 0.220 e. The molecule has 1 fully saturated rings. The lowest BCUT2D eigenvalue weighted by molar-refractivity contribution is -0.121. The topological polar surface area (TPSA) is 44.4 Å². The quantitative estimate of drug-likeness (QED) is 0.692. The van der Waals surface area contributed by atoms with E-state index in [9.17, 15) is 4.79 Å². The van der Waals surface area contributed by atoms with Gasteiger partial charge in [-0.05, 0) is 12.3 Å². The van der Waals surface area contributed by atoms with E-state index >= 15 is 0 Å². The largest absolute Gasteiger partial charge is 0.355 e. The van der Waals surface area contributed by atoms with Crippen LogP contribution in [-0.4, -0.2) is 50.1 Å². The Balaban J connectivity index is 1.99. The van der Waals surface area contributed by atoms with Gasteiger partial charge >= 0.3 is 0 Å². The molecule has 1 heterocycles. The van der Waals surface area contributed by atoms with Gasteiger partial charge in [-0.15, -0.1) is 0 Å². The van der Waals surface area contributed by atoms with Gasteiger partial charge in [-0.2, -0.15) is 0 Å². The van der Waals surface area contributed by atoms with E-state index in [0.29, 0.717) is 12.3 Å². The van der Waals surface area contributed by atoms with Crippen molar-refractivity contribution in [3.05, 3.63) is 0 Å². The molecule has 0 aliphatic carbocycles. The first kappa shape index (κ1) is 13.5. The van der Waals surface area contributed by atoms with Gasteiger partial charge < -0.3 is 10.6 Å². The van der Waals surface area contributed by atoms with Crippen LogP contribution < -0.4 is 10.6 Å². The van der Waals surface area contributed by atoms with Crippen molar-refractivity contribution in [3.8, 4) is 0 Å². The highest BCUT2D eigenvalue weighted by Gasteiger charge is 2.09. The summed E-state index contributed by atoms with van der Waals surface area (Å²) in [5, 5.41) is 6.30. The highest BCUT2D eigenvalue weighted by atomic mass is 16.1. The van der Waals surface area contributed by atoms with Crippen LogP contribution in [0.1, 0.15) is 26.7 Å². The van der Waals surface area contributed by atoms with E-state index in [-0.39, 0.29) is 5.91 Å². The SMILES string of the molecule is CC(C)CCC(=O)NCCN1CCNCC1. The van der Waals surface area contributed by atoms with E-state index in [1.54, 1.807) is 0 Å². The van der Waals surface area contributed by atoms with Crippen LogP contribution in [0.4, 0.5) is 0 Å². The first-order valence-electron chi connectivity index (χ1n) is 6.38. The maximum atomic E-state index is 11.4. The Morgan fingerprint density at radius 1 is 1.38 bits per heavy atom. The van der Waals surface area contributed by atoms with Crippen LogP contribution in [0.25, 0.3) is 0 Å². The van der Waals surface area contributed by atoms with Gasteiger partial charge in [-0.1, -0.05) is 13.8 Å². The van der Waals surface area contributed by atoms with Gasteiger partial charge in [0, 0.05) is 45.7 Å². The molecule has 16 heavy (non-hydrogen) atoms. The first-order chi connectivity index (χ1) is 7.68. The number of nitrogens with zero attached hydrogens (tertiary/aromatic N) is 1. The number of piperazine rings is 1. The number of amides is 1. The summed E-state index contributed by atoms with van der Waals surface area (Å²) < 4.78 is 0. The monoisotopic (exact) mass is 227 g/mol. The lowest BCUT2D eigenvalue weighted by Crippen LogP contribution is -2.46. The number of carbonyl (C=O) groups excluding carboxylic acids is 1. The molecule has 0 aromatic heterocycles. The van der Waals surface area contributed by atoms with E-state index < -0.39 is 0 Å². The molecule has 1 saturated heterocycles. The fourth-order valence-corrected chi connectivity index (χ4v) is 1.80. The zero-order valence-corrected chi connectivity index (χ0v) is 10.6. The second kappa shape index (κ2) is 7.63. The third-order valence-corrected chi connectivity index (χ3v) is 2.91. The van der Waals surface area contributed by atoms with E-state index in [4.69, 9.17) is 0 Å². The van der Waals surface area contributed by atoms with Crippen molar-refractivity contribution >= 4 is 5.91 Å². The number of carbonyl (C=O) groups is 1. The van der Waals surface area contributed by atoms with E-state index in [2.05, 4.69) is 29.4 Å². The third kappa shape index (κ3) is 6.08. The van der Waals surface area contributed by atoms with E-state index in [0.717, 1.165) is 45.7 Å². The summed E-state index contributed by atoms with van der Waals surface area (Å²) >= 11 is 0. The summed E-state index contributed by atoms with van der Waals surface area (Å²) in [6.45, 7) is 10.4. The van der Waals surface area contributed by atoms with Crippen LogP contribution in [0.2, 0.25) is 0 Å². The molecule has 0 atom stereocenters. The summed E-state index contributed by atoms with van der Waals surface area (Å²) in [4.78, 5) is 13.8. The molecule has 1 amide bonds. The van der Waals surface area contributed by atoms with Crippen LogP contribution in [-0.2, 0) is 4.79 Å². The summed E-state index contributed by atoms with van der Waals surface area (Å²) in [5.41, 5.74) is 0. The minimum Gasteiger partial charge on any atom is -0.355 e. The molecule has 4 nitrogen and oxygen atoms in total. The molecule has 0 aromatic carbocycles. The summed E-state index contributed by atoms with van der Waals surface area (Å²) in [6.07, 6.45) is 1.65. The number of hydrogen-bond donors (Lipinski definition) is 2. The van der Waals surface area contributed by atoms with Crippen molar-refractivity contribution in [3.63, 3.8) is 0 Å². The van der Waals surface area contributed by atoms with Crippen LogP contribution >= 0.6 is 0 Å². The highest BCUT2D eigenvalue weighted by Crippen LogP contribution is 2.02. The molecule has 0 unspecified atom stereocenters. The molecule has 2 N–H and O–H groups in total. The van der Waals surface area contributed by atoms with Crippen molar-refractivity contribution < 1.29 is 4.79 Å². The standard InChI is InChI=1S/C12H25N3O/c1-11(2)3-4-12(16)14-7-10-15-8-5-13-6-9-15/h11,13H,3-10H2,1-2H3,(H,14,16). The van der Waals surface area contributed by atoms with Crippen molar-refractivity contribution in [2.24, 2.45) is 5.92 Å². The van der Waals surface area contributed by atoms with Crippen molar-refractivity contribution in [1.29, 1.82) is 0 Å². The third-order valence-electron chi connectivity index (χ3n) is 2.91. The number of rotatable bonds is 6. The van der Waals surface area contributed by atoms with Gasteiger partial charge in [-0.3, -0.25) is 9.69 Å². The Labute approximate surface area is 98.8 Å². The molecule has 0 spiro atoms. The van der Waals surface area contributed by atoms with Crippen molar-refractivity contribution in [1.82, 2.24) is 15.5 Å². The van der Waals surface area contributed by atoms with E-state index in [1.807, 2.05) is 0 Å². The van der Waals surface area contributed by atoms with Crippen LogP contribution in [0.15, 0.2) is 0 Å². The van der Waals surface area contributed by atoms with Crippen molar-refractivity contribution in [2.75, 3.05) is 39.3 Å². The zero-order valence-electron chi connectivity index (χ0n) is 10.6. The first-order valence-corrected chi connectivity index (χ1v) is 6.38. The highest BCUT2D eigenvalue weighted by molar-refractivity contribution is 5.75. The number of hydrogen-bond acceptors (Lipinski definition) is 3. The Hall–Kier alpha value is -0.610. The molecule has 1 aliphatic rings. The van der Waals surface area contributed by atoms with Gasteiger partial charge in [0.1, 0.15) is 0 Å². The molecule has 1 rings (SSSR count). The Bertz CT molecular complexity index is 200. The van der Waals surface area contributed by atoms with Gasteiger partial charge in [0.25, 0.3) is 0 Å². The fraction of sp³-hybridized carbons (Fsp3) is 0.917. The van der Waals surface area contributed by atoms with Crippen LogP contribution in [0, 0.1) is 5.92 Å². The zero-order chi connectivity index (χ0) is 11.8. The summed E-state index contributed by atoms with van der Waals surface area (Å²) in [7, 11) is 0. The molecule has 1 aliphatic heterocycles.